The van der Waals surface area contributed by atoms with Crippen LogP contribution in [0.15, 0.2) is 52.6 Å². The Bertz CT molecular complexity index is 1030. The predicted molar refractivity (Wildman–Crippen MR) is 107 cm³/mol. The Morgan fingerprint density at radius 1 is 1.19 bits per heavy atom. The number of fused-ring (bicyclic) bond motifs is 2. The molecule has 2 aliphatic rings. The third-order valence-corrected chi connectivity index (χ3v) is 5.38. The maximum absolute atomic E-state index is 12.9. The first-order valence-electron chi connectivity index (χ1n) is 9.10. The van der Waals surface area contributed by atoms with E-state index >= 15 is 0 Å². The van der Waals surface area contributed by atoms with Crippen molar-refractivity contribution in [2.24, 2.45) is 10.1 Å². The number of aryl methyl sites for hydroxylation is 1. The SMILES string of the molecule is CCCCSC1=NN2C(=c3ccccc3=N[C@@H]2c2cccc(C)n2)C(=O)N1. The van der Waals surface area contributed by atoms with Gasteiger partial charge < -0.3 is 0 Å². The number of pyridine rings is 1. The quantitative estimate of drug-likeness (QED) is 0.826. The molecule has 0 spiro atoms. The number of nitrogens with one attached hydrogen (secondary N) is 1. The number of hydrogen-bond donors (Lipinski definition) is 1. The normalized spacial score (nSPS) is 18.2. The number of para-hydroxylation sites is 1. The van der Waals surface area contributed by atoms with E-state index in [2.05, 4.69) is 17.2 Å². The molecule has 3 heterocycles. The molecule has 1 N–H and O–H groups in total. The van der Waals surface area contributed by atoms with Crippen LogP contribution in [0, 0.1) is 6.92 Å². The van der Waals surface area contributed by atoms with Crippen LogP contribution >= 0.6 is 11.8 Å². The molecule has 4 rings (SSSR count). The molecule has 2 aliphatic heterocycles. The van der Waals surface area contributed by atoms with Crippen molar-refractivity contribution in [1.82, 2.24) is 15.3 Å². The third kappa shape index (κ3) is 3.47. The number of rotatable bonds is 4. The summed E-state index contributed by atoms with van der Waals surface area (Å²) in [5, 5.41) is 11.6. The topological polar surface area (TPSA) is 70.0 Å². The molecule has 0 aliphatic carbocycles. The third-order valence-electron chi connectivity index (χ3n) is 4.43. The number of carbonyl (C=O) groups excluding carboxylic acids is 1. The molecular formula is C20H21N5OS. The van der Waals surface area contributed by atoms with Gasteiger partial charge in [0.15, 0.2) is 11.3 Å². The van der Waals surface area contributed by atoms with Gasteiger partial charge in [-0.15, -0.1) is 5.10 Å². The zero-order chi connectivity index (χ0) is 18.8. The summed E-state index contributed by atoms with van der Waals surface area (Å²) < 4.78 is 0. The summed E-state index contributed by atoms with van der Waals surface area (Å²) in [6, 6.07) is 13.5. The van der Waals surface area contributed by atoms with E-state index < -0.39 is 6.17 Å². The highest BCUT2D eigenvalue weighted by atomic mass is 32.2. The summed E-state index contributed by atoms with van der Waals surface area (Å²) in [5.74, 6) is 0.767. The van der Waals surface area contributed by atoms with Crippen molar-refractivity contribution in [3.8, 4) is 0 Å². The maximum atomic E-state index is 12.9. The van der Waals surface area contributed by atoms with E-state index in [9.17, 15) is 4.79 Å². The number of amidine groups is 1. The van der Waals surface area contributed by atoms with Crippen LogP contribution in [0.25, 0.3) is 5.70 Å². The van der Waals surface area contributed by atoms with Crippen LogP contribution in [0.1, 0.15) is 37.3 Å². The molecule has 0 unspecified atom stereocenters. The van der Waals surface area contributed by atoms with Crippen molar-refractivity contribution in [3.63, 3.8) is 0 Å². The van der Waals surface area contributed by atoms with Gasteiger partial charge in [-0.2, -0.15) is 0 Å². The standard InChI is InChI=1S/C20H21N5OS/c1-3-4-12-27-20-23-19(26)17-14-9-5-6-10-15(14)22-18(25(17)24-20)16-11-7-8-13(2)21-16/h5-11,18H,3-4,12H2,1-2H3,(H,23,24,26)/t18-/m0/s1. The van der Waals surface area contributed by atoms with Crippen LogP contribution in [0.2, 0.25) is 0 Å². The lowest BCUT2D eigenvalue weighted by atomic mass is 10.1. The zero-order valence-corrected chi connectivity index (χ0v) is 16.2. The summed E-state index contributed by atoms with van der Waals surface area (Å²) >= 11 is 1.56. The highest BCUT2D eigenvalue weighted by molar-refractivity contribution is 8.13. The zero-order valence-electron chi connectivity index (χ0n) is 15.3. The number of carbonyl (C=O) groups is 1. The molecule has 1 atom stereocenters. The van der Waals surface area contributed by atoms with Crippen LogP contribution in [0.3, 0.4) is 0 Å². The molecule has 7 heteroatoms. The van der Waals surface area contributed by atoms with Crippen molar-refractivity contribution in [1.29, 1.82) is 0 Å². The summed E-state index contributed by atoms with van der Waals surface area (Å²) in [7, 11) is 0. The van der Waals surface area contributed by atoms with E-state index in [1.54, 1.807) is 16.8 Å². The van der Waals surface area contributed by atoms with Gasteiger partial charge in [-0.3, -0.25) is 20.1 Å². The maximum Gasteiger partial charge on any atom is 0.276 e. The molecule has 6 nitrogen and oxygen atoms in total. The van der Waals surface area contributed by atoms with Gasteiger partial charge in [-0.05, 0) is 31.5 Å². The highest BCUT2D eigenvalue weighted by Crippen LogP contribution is 2.29. The van der Waals surface area contributed by atoms with Gasteiger partial charge >= 0.3 is 0 Å². The van der Waals surface area contributed by atoms with E-state index in [1.165, 1.54) is 0 Å². The summed E-state index contributed by atoms with van der Waals surface area (Å²) in [6.07, 6.45) is 1.72. The molecule has 0 bridgehead atoms. The van der Waals surface area contributed by atoms with Crippen LogP contribution in [-0.2, 0) is 4.79 Å². The molecule has 0 saturated heterocycles. The second-order valence-corrected chi connectivity index (χ2v) is 7.56. The Hall–Kier alpha value is -2.67. The second kappa shape index (κ2) is 7.52. The van der Waals surface area contributed by atoms with Gasteiger partial charge in [0.1, 0.15) is 5.70 Å². The number of unbranched alkanes of at least 4 members (excludes halogenated alkanes) is 1. The van der Waals surface area contributed by atoms with Crippen molar-refractivity contribution in [2.45, 2.75) is 32.9 Å². The lowest BCUT2D eigenvalue weighted by molar-refractivity contribution is -0.116. The first-order valence-corrected chi connectivity index (χ1v) is 10.1. The smallest absolute Gasteiger partial charge is 0.276 e. The van der Waals surface area contributed by atoms with E-state index in [-0.39, 0.29) is 5.91 Å². The molecule has 27 heavy (non-hydrogen) atoms. The molecule has 0 saturated carbocycles. The number of nitrogens with zero attached hydrogens (tertiary/aromatic N) is 4. The van der Waals surface area contributed by atoms with Crippen molar-refractivity contribution < 1.29 is 4.79 Å². The fraction of sp³-hybridized carbons (Fsp3) is 0.300. The minimum absolute atomic E-state index is 0.149. The first-order chi connectivity index (χ1) is 13.2. The highest BCUT2D eigenvalue weighted by Gasteiger charge is 2.34. The molecule has 1 amide bonds. The van der Waals surface area contributed by atoms with Crippen LogP contribution < -0.4 is 15.9 Å². The minimum Gasteiger partial charge on any atom is -0.298 e. The molecule has 2 aromatic rings. The van der Waals surface area contributed by atoms with Gasteiger partial charge in [0.2, 0.25) is 0 Å². The Kier molecular flexibility index (Phi) is 4.94. The number of hydrogen-bond acceptors (Lipinski definition) is 6. The van der Waals surface area contributed by atoms with E-state index in [4.69, 9.17) is 10.1 Å². The molecule has 0 radical (unpaired) electrons. The summed E-state index contributed by atoms with van der Waals surface area (Å²) in [4.78, 5) is 22.4. The number of aromatic nitrogens is 1. The monoisotopic (exact) mass is 379 g/mol. The van der Waals surface area contributed by atoms with Gasteiger partial charge in [0, 0.05) is 16.7 Å². The Labute approximate surface area is 162 Å². The second-order valence-electron chi connectivity index (χ2n) is 6.48. The molecular weight excluding hydrogens is 358 g/mol. The largest absolute Gasteiger partial charge is 0.298 e. The number of benzene rings is 1. The van der Waals surface area contributed by atoms with Crippen LogP contribution in [0.5, 0.6) is 0 Å². The van der Waals surface area contributed by atoms with E-state index in [0.717, 1.165) is 40.6 Å². The Morgan fingerprint density at radius 2 is 2.04 bits per heavy atom. The summed E-state index contributed by atoms with van der Waals surface area (Å²) in [6.45, 7) is 4.09. The Morgan fingerprint density at radius 3 is 2.85 bits per heavy atom. The van der Waals surface area contributed by atoms with Crippen LogP contribution in [0.4, 0.5) is 0 Å². The molecule has 1 aromatic heterocycles. The first kappa shape index (κ1) is 17.7. The van der Waals surface area contributed by atoms with Gasteiger partial charge in [-0.25, -0.2) is 5.01 Å². The van der Waals surface area contributed by atoms with Crippen molar-refractivity contribution in [2.75, 3.05) is 5.75 Å². The van der Waals surface area contributed by atoms with Gasteiger partial charge in [0.05, 0.1) is 11.1 Å². The fourth-order valence-electron chi connectivity index (χ4n) is 3.11. The average molecular weight is 379 g/mol. The minimum atomic E-state index is -0.456. The average Bonchev–Trinajstić information content (AvgIpc) is 2.67. The van der Waals surface area contributed by atoms with E-state index in [0.29, 0.717) is 10.9 Å². The molecule has 0 fully saturated rings. The van der Waals surface area contributed by atoms with E-state index in [1.807, 2.05) is 49.4 Å². The summed E-state index contributed by atoms with van der Waals surface area (Å²) in [5.41, 5.74) is 2.21. The van der Waals surface area contributed by atoms with Crippen molar-refractivity contribution in [3.05, 3.63) is 64.4 Å². The van der Waals surface area contributed by atoms with Gasteiger partial charge in [-0.1, -0.05) is 49.4 Å². The lowest BCUT2D eigenvalue weighted by Gasteiger charge is -2.33. The number of thioether (sulfide) groups is 1. The lowest BCUT2D eigenvalue weighted by Crippen LogP contribution is -2.50. The van der Waals surface area contributed by atoms with Gasteiger partial charge in [0.25, 0.3) is 5.91 Å². The number of hydrazone groups is 1. The number of amides is 1. The molecule has 138 valence electrons. The predicted octanol–water partition coefficient (Wildman–Crippen LogP) is 2.07. The fourth-order valence-corrected chi connectivity index (χ4v) is 4.04. The molecule has 1 aromatic carbocycles. The Balaban J connectivity index is 1.84. The van der Waals surface area contributed by atoms with Crippen molar-refractivity contribution >= 4 is 28.5 Å². The van der Waals surface area contributed by atoms with Crippen LogP contribution in [-0.4, -0.2) is 26.8 Å².